The summed E-state index contributed by atoms with van der Waals surface area (Å²) >= 11 is 11.7. The monoisotopic (exact) mass is 530 g/mol. The third kappa shape index (κ3) is 3.49. The number of ether oxygens (including phenoxy) is 1. The van der Waals surface area contributed by atoms with Crippen LogP contribution in [0, 0.1) is 12.7 Å². The first-order valence-electron chi connectivity index (χ1n) is 9.85. The molecule has 32 heavy (non-hydrogen) atoms. The molecule has 162 valence electrons. The molecular weight excluding hydrogens is 515 g/mol. The summed E-state index contributed by atoms with van der Waals surface area (Å²) in [6.45, 7) is 2.24. The molecule has 0 bridgehead atoms. The molecule has 1 unspecified atom stereocenters. The molecule has 1 aliphatic heterocycles. The van der Waals surface area contributed by atoms with Gasteiger partial charge in [-0.05, 0) is 48.9 Å². The lowest BCUT2D eigenvalue weighted by Gasteiger charge is -2.27. The second-order valence-corrected chi connectivity index (χ2v) is 10.1. The van der Waals surface area contributed by atoms with Crippen LogP contribution in [0.25, 0.3) is 10.2 Å². The van der Waals surface area contributed by atoms with Crippen LogP contribution in [0.3, 0.4) is 0 Å². The minimum absolute atomic E-state index is 0.155. The van der Waals surface area contributed by atoms with Gasteiger partial charge in [0.1, 0.15) is 11.6 Å². The number of amides is 1. The Morgan fingerprint density at radius 1 is 1.22 bits per heavy atom. The Kier molecular flexibility index (Phi) is 5.43. The number of hydrogen-bond donors (Lipinski definition) is 0. The maximum absolute atomic E-state index is 14.3. The van der Waals surface area contributed by atoms with Crippen LogP contribution in [-0.4, -0.2) is 22.9 Å². The van der Waals surface area contributed by atoms with E-state index < -0.39 is 11.9 Å². The van der Waals surface area contributed by atoms with Gasteiger partial charge in [-0.25, -0.2) is 9.37 Å². The van der Waals surface area contributed by atoms with Crippen molar-refractivity contribution in [1.82, 2.24) is 9.88 Å². The number of fused-ring (bicyclic) bond motifs is 3. The van der Waals surface area contributed by atoms with E-state index in [0.29, 0.717) is 28.2 Å². The zero-order valence-corrected chi connectivity index (χ0v) is 20.3. The van der Waals surface area contributed by atoms with Crippen molar-refractivity contribution in [2.24, 2.45) is 0 Å². The van der Waals surface area contributed by atoms with Crippen molar-refractivity contribution in [3.63, 3.8) is 0 Å². The molecule has 0 saturated heterocycles. The van der Waals surface area contributed by atoms with Gasteiger partial charge in [0.2, 0.25) is 0 Å². The van der Waals surface area contributed by atoms with E-state index in [1.165, 1.54) is 29.5 Å². The summed E-state index contributed by atoms with van der Waals surface area (Å²) in [7, 11) is 1.61. The number of carbonyl (C=O) groups excluding carboxylic acids is 1. The second-order valence-electron chi connectivity index (χ2n) is 7.58. The van der Waals surface area contributed by atoms with E-state index in [-0.39, 0.29) is 5.91 Å². The van der Waals surface area contributed by atoms with Crippen molar-refractivity contribution in [3.05, 3.63) is 91.1 Å². The molecule has 0 radical (unpaired) electrons. The van der Waals surface area contributed by atoms with E-state index in [9.17, 15) is 9.18 Å². The predicted octanol–water partition coefficient (Wildman–Crippen LogP) is 6.91. The average molecular weight is 532 g/mol. The van der Waals surface area contributed by atoms with E-state index in [0.717, 1.165) is 31.1 Å². The second kappa shape index (κ2) is 8.14. The molecule has 0 aliphatic carbocycles. The molecule has 1 aromatic heterocycles. The van der Waals surface area contributed by atoms with Gasteiger partial charge in [0.15, 0.2) is 0 Å². The molecule has 1 atom stereocenters. The van der Waals surface area contributed by atoms with Crippen molar-refractivity contribution >= 4 is 55.0 Å². The quantitative estimate of drug-likeness (QED) is 0.287. The molecule has 2 heterocycles. The molecule has 1 amide bonds. The smallest absolute Gasteiger partial charge is 0.257 e. The van der Waals surface area contributed by atoms with Crippen molar-refractivity contribution < 1.29 is 13.9 Å². The Labute approximate surface area is 201 Å². The largest absolute Gasteiger partial charge is 0.497 e. The summed E-state index contributed by atoms with van der Waals surface area (Å²) in [5.41, 5.74) is 3.43. The summed E-state index contributed by atoms with van der Waals surface area (Å²) in [5, 5.41) is 1.28. The van der Waals surface area contributed by atoms with E-state index in [1.807, 2.05) is 37.3 Å². The van der Waals surface area contributed by atoms with Crippen LogP contribution in [0.4, 0.5) is 4.39 Å². The fourth-order valence-electron chi connectivity index (χ4n) is 4.20. The Balaban J connectivity index is 1.72. The molecule has 4 aromatic rings. The van der Waals surface area contributed by atoms with Crippen molar-refractivity contribution in [2.45, 2.75) is 19.5 Å². The van der Waals surface area contributed by atoms with Crippen LogP contribution in [0.1, 0.15) is 38.1 Å². The molecule has 0 saturated carbocycles. The highest BCUT2D eigenvalue weighted by atomic mass is 79.9. The number of halogens is 3. The minimum atomic E-state index is -0.552. The number of hydrogen-bond acceptors (Lipinski definition) is 4. The summed E-state index contributed by atoms with van der Waals surface area (Å²) in [4.78, 5) is 20.2. The third-order valence-corrected chi connectivity index (χ3v) is 7.52. The Morgan fingerprint density at radius 2 is 1.97 bits per heavy atom. The van der Waals surface area contributed by atoms with Gasteiger partial charge < -0.3 is 9.64 Å². The Hall–Kier alpha value is -2.48. The van der Waals surface area contributed by atoms with Crippen molar-refractivity contribution in [1.29, 1.82) is 0 Å². The third-order valence-electron chi connectivity index (χ3n) is 5.61. The van der Waals surface area contributed by atoms with Gasteiger partial charge in [-0.2, -0.15) is 0 Å². The van der Waals surface area contributed by atoms with E-state index >= 15 is 0 Å². The normalized spacial score (nSPS) is 15.5. The first-order valence-corrected chi connectivity index (χ1v) is 11.8. The Bertz CT molecular complexity index is 1370. The van der Waals surface area contributed by atoms with E-state index in [1.54, 1.807) is 12.0 Å². The van der Waals surface area contributed by atoms with Crippen molar-refractivity contribution in [3.8, 4) is 5.75 Å². The van der Waals surface area contributed by atoms with Crippen LogP contribution in [0.2, 0.25) is 5.02 Å². The standard InChI is InChI=1S/C24H17BrClFN2O2S/c1-12-28-22-19(32-12)10-17(25)20-21(22)24(30)29(11-13-3-6-15(31-2)7-4-13)23(20)16-9-14(27)5-8-18(16)26/h3-10,23H,11H2,1-2H3. The average Bonchev–Trinajstić information content (AvgIpc) is 3.28. The lowest BCUT2D eigenvalue weighted by Crippen LogP contribution is -2.28. The number of rotatable bonds is 4. The first-order chi connectivity index (χ1) is 15.4. The molecule has 4 nitrogen and oxygen atoms in total. The maximum atomic E-state index is 14.3. The molecule has 3 aromatic carbocycles. The van der Waals surface area contributed by atoms with E-state index in [4.69, 9.17) is 16.3 Å². The molecule has 5 rings (SSSR count). The van der Waals surface area contributed by atoms with Gasteiger partial charge in [0.25, 0.3) is 5.91 Å². The van der Waals surface area contributed by atoms with Gasteiger partial charge in [0.05, 0.1) is 33.9 Å². The predicted molar refractivity (Wildman–Crippen MR) is 128 cm³/mol. The summed E-state index contributed by atoms with van der Waals surface area (Å²) in [6.07, 6.45) is 0. The number of carbonyl (C=O) groups is 1. The molecular formula is C24H17BrClFN2O2S. The highest BCUT2D eigenvalue weighted by molar-refractivity contribution is 9.10. The van der Waals surface area contributed by atoms with Gasteiger partial charge >= 0.3 is 0 Å². The van der Waals surface area contributed by atoms with Crippen molar-refractivity contribution in [2.75, 3.05) is 7.11 Å². The van der Waals surface area contributed by atoms with Gasteiger partial charge in [-0.3, -0.25) is 4.79 Å². The van der Waals surface area contributed by atoms with Crippen LogP contribution in [0.15, 0.2) is 53.0 Å². The lowest BCUT2D eigenvalue weighted by molar-refractivity contribution is 0.0737. The lowest BCUT2D eigenvalue weighted by atomic mass is 9.97. The van der Waals surface area contributed by atoms with Crippen LogP contribution in [-0.2, 0) is 6.54 Å². The zero-order chi connectivity index (χ0) is 22.6. The molecule has 0 spiro atoms. The highest BCUT2D eigenvalue weighted by Crippen LogP contribution is 2.48. The number of methoxy groups -OCH3 is 1. The summed E-state index contributed by atoms with van der Waals surface area (Å²) < 4.78 is 21.2. The number of benzene rings is 3. The molecule has 0 N–H and O–H groups in total. The van der Waals surface area contributed by atoms with Gasteiger partial charge in [0, 0.05) is 27.2 Å². The molecule has 8 heteroatoms. The fraction of sp³-hybridized carbons (Fsp3) is 0.167. The Morgan fingerprint density at radius 3 is 2.69 bits per heavy atom. The van der Waals surface area contributed by atoms with Crippen LogP contribution >= 0.6 is 38.9 Å². The number of thiazole rings is 1. The van der Waals surface area contributed by atoms with E-state index in [2.05, 4.69) is 20.9 Å². The van der Waals surface area contributed by atoms with Crippen LogP contribution < -0.4 is 4.74 Å². The first kappa shape index (κ1) is 21.4. The van der Waals surface area contributed by atoms with Gasteiger partial charge in [-0.15, -0.1) is 11.3 Å². The number of aromatic nitrogens is 1. The highest BCUT2D eigenvalue weighted by Gasteiger charge is 2.42. The summed E-state index contributed by atoms with van der Waals surface area (Å²) in [5.74, 6) is 0.172. The number of aryl methyl sites for hydroxylation is 1. The fourth-order valence-corrected chi connectivity index (χ4v) is 6.09. The van der Waals surface area contributed by atoms with Crippen LogP contribution in [0.5, 0.6) is 5.75 Å². The summed E-state index contributed by atoms with van der Waals surface area (Å²) in [6, 6.07) is 13.2. The zero-order valence-electron chi connectivity index (χ0n) is 17.2. The minimum Gasteiger partial charge on any atom is -0.497 e. The SMILES string of the molecule is COc1ccc(CN2C(=O)c3c(c(Br)cc4sc(C)nc34)C2c2cc(F)ccc2Cl)cc1. The topological polar surface area (TPSA) is 42.4 Å². The molecule has 1 aliphatic rings. The van der Waals surface area contributed by atoms with Gasteiger partial charge in [-0.1, -0.05) is 39.7 Å². The maximum Gasteiger partial charge on any atom is 0.257 e. The number of nitrogens with zero attached hydrogens (tertiary/aromatic N) is 2. The molecule has 0 fully saturated rings.